The number of nitrogens with one attached hydrogen (secondary N) is 1. The second kappa shape index (κ2) is 6.39. The molecule has 0 aliphatic rings. The highest BCUT2D eigenvalue weighted by Crippen LogP contribution is 1.83. The first kappa shape index (κ1) is 11.0. The van der Waals surface area contributed by atoms with E-state index in [0.29, 0.717) is 19.5 Å². The summed E-state index contributed by atoms with van der Waals surface area (Å²) in [4.78, 5) is 13.8. The monoisotopic (exact) mass is 209 g/mol. The molecule has 0 spiro atoms. The van der Waals surface area contributed by atoms with Gasteiger partial charge in [0, 0.05) is 24.2 Å². The van der Waals surface area contributed by atoms with Crippen molar-refractivity contribution in [3.8, 4) is 0 Å². The number of amides is 1. The molecule has 1 rings (SSSR count). The van der Waals surface area contributed by atoms with Crippen molar-refractivity contribution in [2.75, 3.05) is 13.1 Å². The lowest BCUT2D eigenvalue weighted by Crippen LogP contribution is -2.28. The topological polar surface area (TPSA) is 109 Å². The van der Waals surface area contributed by atoms with Gasteiger partial charge < -0.3 is 5.32 Å². The van der Waals surface area contributed by atoms with E-state index in [9.17, 15) is 4.79 Å². The molecule has 1 amide bonds. The first-order valence-corrected chi connectivity index (χ1v) is 4.44. The number of nitrogens with zero attached hydrogens (tertiary/aromatic N) is 6. The number of hydrogen-bond acceptors (Lipinski definition) is 4. The minimum absolute atomic E-state index is 0.138. The van der Waals surface area contributed by atoms with Crippen LogP contribution in [-0.2, 0) is 11.3 Å². The Morgan fingerprint density at radius 3 is 3.20 bits per heavy atom. The summed E-state index contributed by atoms with van der Waals surface area (Å²) >= 11 is 0. The highest BCUT2D eigenvalue weighted by atomic mass is 16.2. The average molecular weight is 209 g/mol. The fourth-order valence-electron chi connectivity index (χ4n) is 0.942. The number of carbonyl (C=O) groups is 1. The first-order chi connectivity index (χ1) is 7.33. The van der Waals surface area contributed by atoms with Crippen molar-refractivity contribution in [1.29, 1.82) is 0 Å². The minimum atomic E-state index is -0.138. The van der Waals surface area contributed by atoms with Crippen LogP contribution in [0.3, 0.4) is 0 Å². The van der Waals surface area contributed by atoms with Crippen LogP contribution in [0.15, 0.2) is 17.5 Å². The second-order valence-corrected chi connectivity index (χ2v) is 2.76. The van der Waals surface area contributed by atoms with E-state index in [1.807, 2.05) is 0 Å². The minimum Gasteiger partial charge on any atom is -0.354 e. The van der Waals surface area contributed by atoms with Crippen LogP contribution in [-0.4, -0.2) is 34.0 Å². The van der Waals surface area contributed by atoms with Gasteiger partial charge in [-0.1, -0.05) is 10.3 Å². The van der Waals surface area contributed by atoms with E-state index in [4.69, 9.17) is 5.53 Å². The molecule has 1 aromatic heterocycles. The van der Waals surface area contributed by atoms with Crippen molar-refractivity contribution in [2.45, 2.75) is 13.0 Å². The molecule has 1 heterocycles. The Morgan fingerprint density at radius 1 is 1.67 bits per heavy atom. The van der Waals surface area contributed by atoms with E-state index < -0.39 is 0 Å². The van der Waals surface area contributed by atoms with E-state index in [1.54, 1.807) is 6.20 Å². The molecule has 0 fully saturated rings. The molecule has 0 saturated heterocycles. The molecular formula is C7H11N7O. The summed E-state index contributed by atoms with van der Waals surface area (Å²) in [5.41, 5.74) is 8.00. The number of azide groups is 1. The molecular weight excluding hydrogens is 198 g/mol. The third kappa shape index (κ3) is 4.63. The van der Waals surface area contributed by atoms with E-state index >= 15 is 0 Å². The molecule has 0 radical (unpaired) electrons. The summed E-state index contributed by atoms with van der Waals surface area (Å²) in [7, 11) is 0. The normalized spacial score (nSPS) is 9.33. The smallest absolute Gasteiger partial charge is 0.241 e. The second-order valence-electron chi connectivity index (χ2n) is 2.76. The zero-order valence-corrected chi connectivity index (χ0v) is 8.07. The third-order valence-corrected chi connectivity index (χ3v) is 1.60. The SMILES string of the molecule is [N-]=[N+]=NCCCNC(=O)Cn1ccnn1. The van der Waals surface area contributed by atoms with Crippen LogP contribution in [0.2, 0.25) is 0 Å². The predicted octanol–water partition coefficient (Wildman–Crippen LogP) is 0.0947. The lowest BCUT2D eigenvalue weighted by molar-refractivity contribution is -0.121. The van der Waals surface area contributed by atoms with Gasteiger partial charge in [-0.05, 0) is 12.0 Å². The van der Waals surface area contributed by atoms with Gasteiger partial charge in [0.05, 0.1) is 6.20 Å². The van der Waals surface area contributed by atoms with Crippen LogP contribution < -0.4 is 5.32 Å². The summed E-state index contributed by atoms with van der Waals surface area (Å²) in [6, 6.07) is 0. The third-order valence-electron chi connectivity index (χ3n) is 1.60. The molecule has 8 nitrogen and oxygen atoms in total. The average Bonchev–Trinajstić information content (AvgIpc) is 2.70. The number of hydrogen-bond donors (Lipinski definition) is 1. The molecule has 0 bridgehead atoms. The molecule has 0 unspecified atom stereocenters. The lowest BCUT2D eigenvalue weighted by Gasteiger charge is -2.02. The van der Waals surface area contributed by atoms with Crippen LogP contribution in [0.25, 0.3) is 10.4 Å². The van der Waals surface area contributed by atoms with Crippen molar-refractivity contribution in [3.63, 3.8) is 0 Å². The summed E-state index contributed by atoms with van der Waals surface area (Å²) in [5, 5.41) is 13.2. The largest absolute Gasteiger partial charge is 0.354 e. The summed E-state index contributed by atoms with van der Waals surface area (Å²) < 4.78 is 1.43. The van der Waals surface area contributed by atoms with Gasteiger partial charge in [0.25, 0.3) is 0 Å². The summed E-state index contributed by atoms with van der Waals surface area (Å²) in [6.07, 6.45) is 3.75. The Kier molecular flexibility index (Phi) is 4.68. The quantitative estimate of drug-likeness (QED) is 0.310. The predicted molar refractivity (Wildman–Crippen MR) is 51.7 cm³/mol. The highest BCUT2D eigenvalue weighted by Gasteiger charge is 2.01. The molecule has 0 saturated carbocycles. The molecule has 0 aliphatic heterocycles. The molecule has 0 atom stereocenters. The first-order valence-electron chi connectivity index (χ1n) is 4.44. The van der Waals surface area contributed by atoms with Crippen molar-refractivity contribution < 1.29 is 4.79 Å². The van der Waals surface area contributed by atoms with Crippen molar-refractivity contribution in [1.82, 2.24) is 20.3 Å². The zero-order chi connectivity index (χ0) is 10.9. The maximum atomic E-state index is 11.2. The van der Waals surface area contributed by atoms with Gasteiger partial charge in [0.1, 0.15) is 6.54 Å². The van der Waals surface area contributed by atoms with E-state index in [0.717, 1.165) is 0 Å². The van der Waals surface area contributed by atoms with Crippen molar-refractivity contribution >= 4 is 5.91 Å². The molecule has 15 heavy (non-hydrogen) atoms. The number of rotatable bonds is 6. The van der Waals surface area contributed by atoms with Crippen molar-refractivity contribution in [3.05, 3.63) is 22.8 Å². The fraction of sp³-hybridized carbons (Fsp3) is 0.571. The lowest BCUT2D eigenvalue weighted by atomic mass is 10.4. The Morgan fingerprint density at radius 2 is 2.53 bits per heavy atom. The summed E-state index contributed by atoms with van der Waals surface area (Å²) in [5.74, 6) is -0.138. The molecule has 1 aromatic rings. The van der Waals surface area contributed by atoms with Gasteiger partial charge in [-0.25, -0.2) is 4.68 Å². The molecule has 0 aromatic carbocycles. The van der Waals surface area contributed by atoms with Crippen molar-refractivity contribution in [2.24, 2.45) is 5.11 Å². The molecule has 1 N–H and O–H groups in total. The molecule has 8 heteroatoms. The van der Waals surface area contributed by atoms with Gasteiger partial charge in [-0.15, -0.1) is 5.10 Å². The van der Waals surface area contributed by atoms with Gasteiger partial charge in [-0.2, -0.15) is 0 Å². The number of aromatic nitrogens is 3. The van der Waals surface area contributed by atoms with Crippen LogP contribution in [0.1, 0.15) is 6.42 Å². The highest BCUT2D eigenvalue weighted by molar-refractivity contribution is 5.75. The maximum absolute atomic E-state index is 11.2. The van der Waals surface area contributed by atoms with Gasteiger partial charge in [-0.3, -0.25) is 4.79 Å². The van der Waals surface area contributed by atoms with E-state index in [-0.39, 0.29) is 12.5 Å². The van der Waals surface area contributed by atoms with Crippen LogP contribution in [0.4, 0.5) is 0 Å². The van der Waals surface area contributed by atoms with Gasteiger partial charge >= 0.3 is 0 Å². The Labute approximate surface area is 85.9 Å². The van der Waals surface area contributed by atoms with Crippen LogP contribution in [0, 0.1) is 0 Å². The Hall–Kier alpha value is -2.08. The summed E-state index contributed by atoms with van der Waals surface area (Å²) in [6.45, 7) is 1.04. The van der Waals surface area contributed by atoms with Gasteiger partial charge in [0.2, 0.25) is 5.91 Å². The Balaban J connectivity index is 2.11. The maximum Gasteiger partial charge on any atom is 0.241 e. The van der Waals surface area contributed by atoms with Gasteiger partial charge in [0.15, 0.2) is 0 Å². The van der Waals surface area contributed by atoms with E-state index in [2.05, 4.69) is 25.7 Å². The van der Waals surface area contributed by atoms with Crippen LogP contribution >= 0.6 is 0 Å². The fourth-order valence-corrected chi connectivity index (χ4v) is 0.942. The molecule has 80 valence electrons. The standard InChI is InChI=1S/C7H11N7O/c8-12-10-3-1-2-9-7(15)6-14-5-4-11-13-14/h4-5H,1-3,6H2,(H,9,15). The zero-order valence-electron chi connectivity index (χ0n) is 8.07. The number of carbonyl (C=O) groups excluding carboxylic acids is 1. The van der Waals surface area contributed by atoms with E-state index in [1.165, 1.54) is 10.9 Å². The van der Waals surface area contributed by atoms with Crippen LogP contribution in [0.5, 0.6) is 0 Å². The molecule has 0 aliphatic carbocycles. The Bertz CT molecular complexity index is 340.